The molecule has 1 heterocycles. The van der Waals surface area contributed by atoms with Crippen molar-refractivity contribution in [1.29, 1.82) is 0 Å². The molecule has 0 aromatic carbocycles. The van der Waals surface area contributed by atoms with Crippen LogP contribution in [0.15, 0.2) is 0 Å². The van der Waals surface area contributed by atoms with Gasteiger partial charge in [0.05, 0.1) is 6.10 Å². The van der Waals surface area contributed by atoms with E-state index in [1.807, 2.05) is 0 Å². The van der Waals surface area contributed by atoms with E-state index >= 15 is 0 Å². The first-order valence-electron chi connectivity index (χ1n) is 7.07. The van der Waals surface area contributed by atoms with Crippen LogP contribution in [0.2, 0.25) is 0 Å². The van der Waals surface area contributed by atoms with Gasteiger partial charge < -0.3 is 15.3 Å². The number of aliphatic hydroxyl groups excluding tert-OH is 1. The highest BCUT2D eigenvalue weighted by Crippen LogP contribution is 2.22. The Hall–Kier alpha value is -0.160. The van der Waals surface area contributed by atoms with E-state index in [0.29, 0.717) is 6.04 Å². The molecule has 0 bridgehead atoms. The summed E-state index contributed by atoms with van der Waals surface area (Å²) in [6, 6.07) is 0.715. The van der Waals surface area contributed by atoms with Gasteiger partial charge in [0, 0.05) is 45.3 Å². The second-order valence-electron chi connectivity index (χ2n) is 5.58. The predicted molar refractivity (Wildman–Crippen MR) is 70.2 cm³/mol. The van der Waals surface area contributed by atoms with Crippen molar-refractivity contribution in [3.05, 3.63) is 0 Å². The van der Waals surface area contributed by atoms with E-state index in [1.54, 1.807) is 0 Å². The number of hydrogen-bond donors (Lipinski definition) is 2. The summed E-state index contributed by atoms with van der Waals surface area (Å²) >= 11 is 0. The second kappa shape index (κ2) is 6.69. The third kappa shape index (κ3) is 4.21. The summed E-state index contributed by atoms with van der Waals surface area (Å²) in [4.78, 5) is 4.73. The lowest BCUT2D eigenvalue weighted by Gasteiger charge is -2.32. The number of nitrogens with zero attached hydrogens (tertiary/aromatic N) is 2. The molecule has 0 radical (unpaired) electrons. The second-order valence-corrected chi connectivity index (χ2v) is 5.58. The van der Waals surface area contributed by atoms with Crippen molar-refractivity contribution in [3.8, 4) is 0 Å². The van der Waals surface area contributed by atoms with Crippen molar-refractivity contribution in [2.45, 2.75) is 37.8 Å². The Balaban J connectivity index is 1.66. The maximum atomic E-state index is 10.1. The van der Waals surface area contributed by atoms with E-state index in [2.05, 4.69) is 22.2 Å². The van der Waals surface area contributed by atoms with Crippen molar-refractivity contribution in [2.75, 3.05) is 46.3 Å². The highest BCUT2D eigenvalue weighted by Gasteiger charge is 2.22. The molecule has 1 saturated carbocycles. The first-order valence-corrected chi connectivity index (χ1v) is 7.07. The van der Waals surface area contributed by atoms with Crippen LogP contribution in [0.3, 0.4) is 0 Å². The molecule has 1 aliphatic carbocycles. The van der Waals surface area contributed by atoms with E-state index in [1.165, 1.54) is 25.7 Å². The average Bonchev–Trinajstić information content (AvgIpc) is 2.83. The van der Waals surface area contributed by atoms with Gasteiger partial charge in [-0.2, -0.15) is 0 Å². The maximum absolute atomic E-state index is 10.1. The van der Waals surface area contributed by atoms with Gasteiger partial charge in [0.2, 0.25) is 0 Å². The molecule has 2 aliphatic rings. The third-order valence-electron chi connectivity index (χ3n) is 4.13. The van der Waals surface area contributed by atoms with Crippen molar-refractivity contribution in [1.82, 2.24) is 15.1 Å². The molecule has 4 nitrogen and oxygen atoms in total. The Kier molecular flexibility index (Phi) is 5.22. The number of nitrogens with one attached hydrogen (secondary N) is 1. The summed E-state index contributed by atoms with van der Waals surface area (Å²) in [7, 11) is 2.16. The molecule has 100 valence electrons. The fourth-order valence-electron chi connectivity index (χ4n) is 3.08. The molecular formula is C13H27N3O. The summed E-state index contributed by atoms with van der Waals surface area (Å²) in [6.07, 6.45) is 5.16. The van der Waals surface area contributed by atoms with Gasteiger partial charge in [0.1, 0.15) is 0 Å². The number of hydrogen-bond acceptors (Lipinski definition) is 4. The number of β-amino-alcohol motifs (C(OH)–C–C–N with tert-alkyl or cyclic N) is 1. The zero-order valence-electron chi connectivity index (χ0n) is 11.1. The zero-order chi connectivity index (χ0) is 12.1. The third-order valence-corrected chi connectivity index (χ3v) is 4.13. The molecule has 0 aromatic heterocycles. The molecule has 2 rings (SSSR count). The van der Waals surface area contributed by atoms with Crippen LogP contribution in [0.25, 0.3) is 0 Å². The largest absolute Gasteiger partial charge is 0.390 e. The molecular weight excluding hydrogens is 214 g/mol. The van der Waals surface area contributed by atoms with Gasteiger partial charge in [-0.15, -0.1) is 0 Å². The SMILES string of the molecule is CN(CC(O)CN1CCNCC1)C1CCCC1. The van der Waals surface area contributed by atoms with Crippen LogP contribution in [-0.4, -0.2) is 73.4 Å². The molecule has 2 N–H and O–H groups in total. The van der Waals surface area contributed by atoms with Gasteiger partial charge in [-0.05, 0) is 19.9 Å². The van der Waals surface area contributed by atoms with Crippen LogP contribution in [0.1, 0.15) is 25.7 Å². The molecule has 1 saturated heterocycles. The number of likely N-dealkylation sites (N-methyl/N-ethyl adjacent to an activating group) is 1. The Labute approximate surface area is 105 Å². The van der Waals surface area contributed by atoms with Crippen molar-refractivity contribution in [2.24, 2.45) is 0 Å². The van der Waals surface area contributed by atoms with Crippen LogP contribution < -0.4 is 5.32 Å². The maximum Gasteiger partial charge on any atom is 0.0793 e. The minimum Gasteiger partial charge on any atom is -0.390 e. The van der Waals surface area contributed by atoms with Gasteiger partial charge in [-0.3, -0.25) is 4.90 Å². The molecule has 0 spiro atoms. The van der Waals surface area contributed by atoms with Gasteiger partial charge in [-0.25, -0.2) is 0 Å². The fourth-order valence-corrected chi connectivity index (χ4v) is 3.08. The lowest BCUT2D eigenvalue weighted by Crippen LogP contribution is -2.48. The standard InChI is InChI=1S/C13H27N3O/c1-15(12-4-2-3-5-12)10-13(17)11-16-8-6-14-7-9-16/h12-14,17H,2-11H2,1H3. The number of aliphatic hydroxyl groups is 1. The summed E-state index contributed by atoms with van der Waals surface area (Å²) in [5, 5.41) is 13.5. The first-order chi connectivity index (χ1) is 8.25. The average molecular weight is 241 g/mol. The van der Waals surface area contributed by atoms with E-state index < -0.39 is 0 Å². The summed E-state index contributed by atoms with van der Waals surface area (Å²) < 4.78 is 0. The normalized spacial score (nSPS) is 25.6. The molecule has 0 amide bonds. The molecule has 0 aromatic rings. The van der Waals surface area contributed by atoms with Gasteiger partial charge in [0.25, 0.3) is 0 Å². The van der Waals surface area contributed by atoms with Crippen LogP contribution in [0.5, 0.6) is 0 Å². The monoisotopic (exact) mass is 241 g/mol. The summed E-state index contributed by atoms with van der Waals surface area (Å²) in [5.74, 6) is 0. The minimum atomic E-state index is -0.196. The van der Waals surface area contributed by atoms with Crippen molar-refractivity contribution >= 4 is 0 Å². The molecule has 1 atom stereocenters. The van der Waals surface area contributed by atoms with Gasteiger partial charge in [-0.1, -0.05) is 12.8 Å². The summed E-state index contributed by atoms with van der Waals surface area (Å²) in [6.45, 7) is 5.93. The lowest BCUT2D eigenvalue weighted by molar-refractivity contribution is 0.0652. The quantitative estimate of drug-likeness (QED) is 0.717. The first kappa shape index (κ1) is 13.3. The fraction of sp³-hybridized carbons (Fsp3) is 1.00. The smallest absolute Gasteiger partial charge is 0.0793 e. The van der Waals surface area contributed by atoms with Crippen molar-refractivity contribution < 1.29 is 5.11 Å². The number of rotatable bonds is 5. The molecule has 2 fully saturated rings. The van der Waals surface area contributed by atoms with Crippen LogP contribution in [0, 0.1) is 0 Å². The van der Waals surface area contributed by atoms with Crippen LogP contribution in [-0.2, 0) is 0 Å². The lowest BCUT2D eigenvalue weighted by atomic mass is 10.2. The van der Waals surface area contributed by atoms with E-state index in [4.69, 9.17) is 0 Å². The van der Waals surface area contributed by atoms with Gasteiger partial charge in [0.15, 0.2) is 0 Å². The Morgan fingerprint density at radius 2 is 1.94 bits per heavy atom. The Morgan fingerprint density at radius 1 is 1.29 bits per heavy atom. The van der Waals surface area contributed by atoms with Crippen molar-refractivity contribution in [3.63, 3.8) is 0 Å². The predicted octanol–water partition coefficient (Wildman–Crippen LogP) is 0.127. The topological polar surface area (TPSA) is 38.7 Å². The van der Waals surface area contributed by atoms with Crippen LogP contribution in [0.4, 0.5) is 0 Å². The van der Waals surface area contributed by atoms with E-state index in [-0.39, 0.29) is 6.10 Å². The molecule has 17 heavy (non-hydrogen) atoms. The highest BCUT2D eigenvalue weighted by atomic mass is 16.3. The Bertz CT molecular complexity index is 213. The van der Waals surface area contributed by atoms with Crippen LogP contribution >= 0.6 is 0 Å². The zero-order valence-corrected chi connectivity index (χ0v) is 11.1. The van der Waals surface area contributed by atoms with Gasteiger partial charge >= 0.3 is 0 Å². The minimum absolute atomic E-state index is 0.196. The molecule has 1 aliphatic heterocycles. The van der Waals surface area contributed by atoms with E-state index in [9.17, 15) is 5.11 Å². The van der Waals surface area contributed by atoms with E-state index in [0.717, 1.165) is 39.3 Å². The highest BCUT2D eigenvalue weighted by molar-refractivity contribution is 4.78. The number of piperazine rings is 1. The Morgan fingerprint density at radius 3 is 2.59 bits per heavy atom. The molecule has 4 heteroatoms. The molecule has 1 unspecified atom stereocenters. The summed E-state index contributed by atoms with van der Waals surface area (Å²) in [5.41, 5.74) is 0.